The fourth-order valence-electron chi connectivity index (χ4n) is 2.24. The molecule has 0 atom stereocenters. The number of carbonyl (C=O) groups is 1. The summed E-state index contributed by atoms with van der Waals surface area (Å²) in [5.74, 6) is 1.38. The maximum atomic E-state index is 12.2. The van der Waals surface area contributed by atoms with Crippen molar-refractivity contribution in [3.63, 3.8) is 0 Å². The predicted molar refractivity (Wildman–Crippen MR) is 89.7 cm³/mol. The van der Waals surface area contributed by atoms with Crippen molar-refractivity contribution in [2.45, 2.75) is 0 Å². The highest BCUT2D eigenvalue weighted by molar-refractivity contribution is 6.08. The van der Waals surface area contributed by atoms with Crippen LogP contribution in [0.25, 0.3) is 6.08 Å². The molecular weight excluding hydrogens is 308 g/mol. The molecule has 0 saturated heterocycles. The highest BCUT2D eigenvalue weighted by Gasteiger charge is 2.13. The number of rotatable bonds is 6. The molecule has 0 radical (unpaired) electrons. The van der Waals surface area contributed by atoms with Gasteiger partial charge in [0.05, 0.1) is 5.56 Å². The van der Waals surface area contributed by atoms with Crippen molar-refractivity contribution in [3.05, 3.63) is 66.3 Å². The second-order valence-corrected chi connectivity index (χ2v) is 5.09. The number of phenolic OH excluding ortho intramolecular Hbond substituents is 1. The fraction of sp³-hybridized carbons (Fsp3) is 0.105. The van der Waals surface area contributed by atoms with E-state index < -0.39 is 0 Å². The van der Waals surface area contributed by atoms with Gasteiger partial charge in [-0.1, -0.05) is 24.8 Å². The summed E-state index contributed by atoms with van der Waals surface area (Å²) < 4.78 is 15.8. The van der Waals surface area contributed by atoms with Crippen LogP contribution in [0.4, 0.5) is 0 Å². The molecule has 0 aromatic heterocycles. The lowest BCUT2D eigenvalue weighted by molar-refractivity contribution is 0.104. The third-order valence-corrected chi connectivity index (χ3v) is 3.43. The number of fused-ring (bicyclic) bond motifs is 1. The Bertz CT molecular complexity index is 807. The monoisotopic (exact) mass is 324 g/mol. The van der Waals surface area contributed by atoms with Gasteiger partial charge in [0, 0.05) is 6.07 Å². The lowest BCUT2D eigenvalue weighted by Crippen LogP contribution is -1.97. The van der Waals surface area contributed by atoms with E-state index in [0.717, 1.165) is 5.56 Å². The van der Waals surface area contributed by atoms with E-state index in [1.807, 2.05) is 6.07 Å². The number of ketones is 1. The molecule has 0 saturated carbocycles. The van der Waals surface area contributed by atoms with Gasteiger partial charge < -0.3 is 19.3 Å². The molecule has 1 heterocycles. The molecule has 2 aromatic rings. The SMILES string of the molecule is C=CCOc1ccc(C(=O)/C=C/c2ccc3c(c2)OCO3)c(O)c1. The van der Waals surface area contributed by atoms with Crippen molar-refractivity contribution in [2.75, 3.05) is 13.4 Å². The Morgan fingerprint density at radius 1 is 1.21 bits per heavy atom. The molecule has 0 bridgehead atoms. The van der Waals surface area contributed by atoms with Crippen molar-refractivity contribution < 1.29 is 24.1 Å². The van der Waals surface area contributed by atoms with Gasteiger partial charge >= 0.3 is 0 Å². The molecule has 5 heteroatoms. The molecule has 0 aliphatic carbocycles. The fourth-order valence-corrected chi connectivity index (χ4v) is 2.24. The second-order valence-electron chi connectivity index (χ2n) is 5.09. The summed E-state index contributed by atoms with van der Waals surface area (Å²) >= 11 is 0. The zero-order valence-electron chi connectivity index (χ0n) is 12.9. The number of ether oxygens (including phenoxy) is 3. The Balaban J connectivity index is 1.73. The molecule has 0 spiro atoms. The molecule has 122 valence electrons. The highest BCUT2D eigenvalue weighted by Crippen LogP contribution is 2.33. The topological polar surface area (TPSA) is 65.0 Å². The molecule has 1 aliphatic rings. The van der Waals surface area contributed by atoms with Crippen LogP contribution in [0.1, 0.15) is 15.9 Å². The first kappa shape index (κ1) is 15.7. The van der Waals surface area contributed by atoms with Crippen LogP contribution in [0.5, 0.6) is 23.0 Å². The summed E-state index contributed by atoms with van der Waals surface area (Å²) in [4.78, 5) is 12.2. The minimum atomic E-state index is -0.305. The maximum absolute atomic E-state index is 12.2. The first-order valence-corrected chi connectivity index (χ1v) is 7.36. The number of carbonyl (C=O) groups excluding carboxylic acids is 1. The molecule has 5 nitrogen and oxygen atoms in total. The summed E-state index contributed by atoms with van der Waals surface area (Å²) in [7, 11) is 0. The molecule has 1 aliphatic heterocycles. The molecule has 0 unspecified atom stereocenters. The third-order valence-electron chi connectivity index (χ3n) is 3.43. The van der Waals surface area contributed by atoms with Crippen molar-refractivity contribution >= 4 is 11.9 Å². The summed E-state index contributed by atoms with van der Waals surface area (Å²) in [6.07, 6.45) is 4.66. The Morgan fingerprint density at radius 3 is 2.83 bits per heavy atom. The minimum absolute atomic E-state index is 0.128. The molecule has 3 rings (SSSR count). The van der Waals surface area contributed by atoms with Crippen LogP contribution in [0.3, 0.4) is 0 Å². The first-order chi connectivity index (χ1) is 11.7. The number of benzene rings is 2. The molecule has 0 fully saturated rings. The Kier molecular flexibility index (Phi) is 4.52. The quantitative estimate of drug-likeness (QED) is 0.500. The van der Waals surface area contributed by atoms with Gasteiger partial charge in [0.15, 0.2) is 17.3 Å². The van der Waals surface area contributed by atoms with Gasteiger partial charge in [-0.3, -0.25) is 4.79 Å². The lowest BCUT2D eigenvalue weighted by atomic mass is 10.1. The smallest absolute Gasteiger partial charge is 0.231 e. The number of allylic oxidation sites excluding steroid dienone is 1. The standard InChI is InChI=1S/C19H16O5/c1-2-9-22-14-5-6-15(17(21)11-14)16(20)7-3-13-4-8-18-19(10-13)24-12-23-18/h2-8,10-11,21H,1,9,12H2/b7-3+. The van der Waals surface area contributed by atoms with Gasteiger partial charge in [0.1, 0.15) is 18.1 Å². The highest BCUT2D eigenvalue weighted by atomic mass is 16.7. The number of hydrogen-bond donors (Lipinski definition) is 1. The Hall–Kier alpha value is -3.21. The van der Waals surface area contributed by atoms with Crippen LogP contribution >= 0.6 is 0 Å². The van der Waals surface area contributed by atoms with Gasteiger partial charge in [-0.05, 0) is 35.9 Å². The maximum Gasteiger partial charge on any atom is 0.231 e. The normalized spacial score (nSPS) is 12.3. The number of hydrogen-bond acceptors (Lipinski definition) is 5. The van der Waals surface area contributed by atoms with E-state index in [9.17, 15) is 9.90 Å². The summed E-state index contributed by atoms with van der Waals surface area (Å²) in [5.41, 5.74) is 1.01. The van der Waals surface area contributed by atoms with Gasteiger partial charge in [-0.2, -0.15) is 0 Å². The van der Waals surface area contributed by atoms with Gasteiger partial charge in [0.25, 0.3) is 0 Å². The Morgan fingerprint density at radius 2 is 2.04 bits per heavy atom. The van der Waals surface area contributed by atoms with Crippen molar-refractivity contribution in [1.29, 1.82) is 0 Å². The molecule has 24 heavy (non-hydrogen) atoms. The zero-order valence-corrected chi connectivity index (χ0v) is 12.9. The summed E-state index contributed by atoms with van der Waals surface area (Å²) in [6, 6.07) is 9.97. The van der Waals surface area contributed by atoms with Crippen LogP contribution in [0, 0.1) is 0 Å². The van der Waals surface area contributed by atoms with Crippen LogP contribution in [0.2, 0.25) is 0 Å². The van der Waals surface area contributed by atoms with E-state index in [1.54, 1.807) is 30.4 Å². The van der Waals surface area contributed by atoms with Crippen LogP contribution in [-0.2, 0) is 0 Å². The van der Waals surface area contributed by atoms with E-state index in [4.69, 9.17) is 14.2 Å². The van der Waals surface area contributed by atoms with E-state index in [0.29, 0.717) is 23.9 Å². The molecular formula is C19H16O5. The molecule has 0 amide bonds. The van der Waals surface area contributed by atoms with Gasteiger partial charge in [-0.25, -0.2) is 0 Å². The molecule has 2 aromatic carbocycles. The number of aromatic hydroxyl groups is 1. The minimum Gasteiger partial charge on any atom is -0.507 e. The summed E-state index contributed by atoms with van der Waals surface area (Å²) in [5, 5.41) is 9.99. The number of phenols is 1. The zero-order chi connectivity index (χ0) is 16.9. The van der Waals surface area contributed by atoms with E-state index in [-0.39, 0.29) is 23.9 Å². The van der Waals surface area contributed by atoms with E-state index >= 15 is 0 Å². The van der Waals surface area contributed by atoms with E-state index in [1.165, 1.54) is 18.2 Å². The van der Waals surface area contributed by atoms with Crippen LogP contribution < -0.4 is 14.2 Å². The van der Waals surface area contributed by atoms with Crippen LogP contribution in [0.15, 0.2) is 55.1 Å². The summed E-state index contributed by atoms with van der Waals surface area (Å²) in [6.45, 7) is 4.09. The third kappa shape index (κ3) is 3.41. The average Bonchev–Trinajstić information content (AvgIpc) is 3.05. The van der Waals surface area contributed by atoms with E-state index in [2.05, 4.69) is 6.58 Å². The van der Waals surface area contributed by atoms with Gasteiger partial charge in [-0.15, -0.1) is 0 Å². The molecule has 1 N–H and O–H groups in total. The van der Waals surface area contributed by atoms with Gasteiger partial charge in [0.2, 0.25) is 6.79 Å². The van der Waals surface area contributed by atoms with Crippen molar-refractivity contribution in [1.82, 2.24) is 0 Å². The van der Waals surface area contributed by atoms with Crippen molar-refractivity contribution in [2.24, 2.45) is 0 Å². The lowest BCUT2D eigenvalue weighted by Gasteiger charge is -2.06. The largest absolute Gasteiger partial charge is 0.507 e. The Labute approximate surface area is 139 Å². The van der Waals surface area contributed by atoms with Crippen LogP contribution in [-0.4, -0.2) is 24.3 Å². The first-order valence-electron chi connectivity index (χ1n) is 7.36. The second kappa shape index (κ2) is 6.91. The predicted octanol–water partition coefficient (Wildman–Crippen LogP) is 3.58. The average molecular weight is 324 g/mol. The van der Waals surface area contributed by atoms with Crippen molar-refractivity contribution in [3.8, 4) is 23.0 Å².